The van der Waals surface area contributed by atoms with Gasteiger partial charge in [-0.25, -0.2) is 8.78 Å². The molecule has 1 fully saturated rings. The normalized spacial score (nSPS) is 17.7. The molecule has 0 spiro atoms. The summed E-state index contributed by atoms with van der Waals surface area (Å²) in [5.74, 6) is -2.53. The van der Waals surface area contributed by atoms with Gasteiger partial charge in [0, 0.05) is 17.0 Å². The van der Waals surface area contributed by atoms with Crippen molar-refractivity contribution < 1.29 is 27.4 Å². The number of ether oxygens (including phenoxy) is 3. The fraction of sp³-hybridized carbons (Fsp3) is 0.333. The minimum atomic E-state index is -1.03. The number of hydrogen-bond donors (Lipinski definition) is 0. The van der Waals surface area contributed by atoms with E-state index in [-0.39, 0.29) is 35.9 Å². The molecule has 1 saturated heterocycles. The van der Waals surface area contributed by atoms with Gasteiger partial charge in [-0.15, -0.1) is 6.58 Å². The van der Waals surface area contributed by atoms with E-state index in [1.165, 1.54) is 18.2 Å². The minimum absolute atomic E-state index is 0.0182. The summed E-state index contributed by atoms with van der Waals surface area (Å²) < 4.78 is 61.0. The average molecular weight is 497 g/mol. The molecule has 3 aromatic rings. The second kappa shape index (κ2) is 12.2. The Morgan fingerprint density at radius 2 is 1.58 bits per heavy atom. The van der Waals surface area contributed by atoms with Crippen LogP contribution in [0.25, 0.3) is 22.3 Å². The van der Waals surface area contributed by atoms with Crippen LogP contribution in [0.3, 0.4) is 0 Å². The third-order valence-electron chi connectivity index (χ3n) is 6.36. The lowest BCUT2D eigenvalue weighted by atomic mass is 9.95. The van der Waals surface area contributed by atoms with Crippen LogP contribution in [0.1, 0.15) is 44.1 Å². The molecule has 0 radical (unpaired) electrons. The molecule has 0 unspecified atom stereocenters. The fourth-order valence-corrected chi connectivity index (χ4v) is 4.24. The smallest absolute Gasteiger partial charge is 0.201 e. The Morgan fingerprint density at radius 3 is 2.22 bits per heavy atom. The number of benzene rings is 3. The highest BCUT2D eigenvalue weighted by molar-refractivity contribution is 5.71. The number of rotatable bonds is 10. The predicted octanol–water partition coefficient (Wildman–Crippen LogP) is 8.04. The molecule has 3 aromatic carbocycles. The first-order chi connectivity index (χ1) is 17.5. The lowest BCUT2D eigenvalue weighted by Crippen LogP contribution is -2.30. The zero-order valence-corrected chi connectivity index (χ0v) is 20.4. The summed E-state index contributed by atoms with van der Waals surface area (Å²) in [6, 6.07) is 14.7. The first-order valence-corrected chi connectivity index (χ1v) is 12.4. The van der Waals surface area contributed by atoms with Crippen LogP contribution in [0.4, 0.5) is 13.2 Å². The van der Waals surface area contributed by atoms with Crippen molar-refractivity contribution in [2.75, 3.05) is 19.8 Å². The Hall–Kier alpha value is -3.09. The van der Waals surface area contributed by atoms with E-state index in [2.05, 4.69) is 13.5 Å². The molecule has 1 aliphatic heterocycles. The molecule has 0 N–H and O–H groups in total. The highest BCUT2D eigenvalue weighted by atomic mass is 19.2. The summed E-state index contributed by atoms with van der Waals surface area (Å²) >= 11 is 0. The lowest BCUT2D eigenvalue weighted by molar-refractivity contribution is -0.190. The molecule has 0 saturated carbocycles. The highest BCUT2D eigenvalue weighted by Crippen LogP contribution is 2.33. The Bertz CT molecular complexity index is 1170. The molecular weight excluding hydrogens is 465 g/mol. The molecule has 6 heteroatoms. The molecule has 0 bridgehead atoms. The van der Waals surface area contributed by atoms with Gasteiger partial charge in [0.15, 0.2) is 17.9 Å². The van der Waals surface area contributed by atoms with Crippen molar-refractivity contribution in [3.05, 3.63) is 90.3 Å². The molecule has 0 aliphatic carbocycles. The van der Waals surface area contributed by atoms with Crippen molar-refractivity contribution in [3.63, 3.8) is 0 Å². The molecule has 1 heterocycles. The van der Waals surface area contributed by atoms with Gasteiger partial charge in [0.25, 0.3) is 0 Å². The maximum absolute atomic E-state index is 15.0. The predicted molar refractivity (Wildman–Crippen MR) is 135 cm³/mol. The van der Waals surface area contributed by atoms with Crippen molar-refractivity contribution in [1.82, 2.24) is 0 Å². The zero-order chi connectivity index (χ0) is 25.5. The summed E-state index contributed by atoms with van der Waals surface area (Å²) in [6.45, 7) is 6.93. The molecule has 3 nitrogen and oxygen atoms in total. The number of halogens is 3. The molecule has 4 rings (SSSR count). The second-order valence-corrected chi connectivity index (χ2v) is 8.92. The van der Waals surface area contributed by atoms with Gasteiger partial charge in [-0.1, -0.05) is 55.8 Å². The quantitative estimate of drug-likeness (QED) is 0.210. The van der Waals surface area contributed by atoms with E-state index in [4.69, 9.17) is 14.2 Å². The largest absolute Gasteiger partial charge is 0.490 e. The van der Waals surface area contributed by atoms with Gasteiger partial charge in [0.2, 0.25) is 5.82 Å². The average Bonchev–Trinajstić information content (AvgIpc) is 2.90. The third-order valence-corrected chi connectivity index (χ3v) is 6.36. The Morgan fingerprint density at radius 1 is 0.917 bits per heavy atom. The van der Waals surface area contributed by atoms with Crippen LogP contribution in [-0.4, -0.2) is 26.1 Å². The zero-order valence-electron chi connectivity index (χ0n) is 20.4. The van der Waals surface area contributed by atoms with Crippen LogP contribution in [0.5, 0.6) is 5.75 Å². The van der Waals surface area contributed by atoms with Gasteiger partial charge < -0.3 is 14.2 Å². The van der Waals surface area contributed by atoms with Crippen molar-refractivity contribution >= 4 is 0 Å². The van der Waals surface area contributed by atoms with Gasteiger partial charge in [-0.05, 0) is 54.2 Å². The SMILES string of the molecule is C=CCCOc1ccc(-c2ccc(-c3ccc(C4COC(CCCC)OC4)cc3F)cc2)c(F)c1F. The monoisotopic (exact) mass is 496 g/mol. The molecule has 0 aromatic heterocycles. The Labute approximate surface area is 210 Å². The van der Waals surface area contributed by atoms with Crippen LogP contribution in [-0.2, 0) is 9.47 Å². The van der Waals surface area contributed by atoms with Crippen LogP contribution >= 0.6 is 0 Å². The van der Waals surface area contributed by atoms with E-state index < -0.39 is 11.6 Å². The molecule has 36 heavy (non-hydrogen) atoms. The fourth-order valence-electron chi connectivity index (χ4n) is 4.24. The van der Waals surface area contributed by atoms with Crippen LogP contribution in [0, 0.1) is 17.5 Å². The van der Waals surface area contributed by atoms with E-state index in [0.717, 1.165) is 24.8 Å². The topological polar surface area (TPSA) is 27.7 Å². The summed E-state index contributed by atoms with van der Waals surface area (Å²) in [5, 5.41) is 0. The molecular formula is C30H31F3O3. The maximum Gasteiger partial charge on any atom is 0.201 e. The summed E-state index contributed by atoms with van der Waals surface area (Å²) in [6.07, 6.45) is 5.00. The van der Waals surface area contributed by atoms with Gasteiger partial charge in [-0.2, -0.15) is 4.39 Å². The van der Waals surface area contributed by atoms with Gasteiger partial charge in [0.05, 0.1) is 19.8 Å². The number of unbranched alkanes of at least 4 members (excludes halogenated alkanes) is 1. The first-order valence-electron chi connectivity index (χ1n) is 12.4. The van der Waals surface area contributed by atoms with Gasteiger partial charge in [-0.3, -0.25) is 0 Å². The molecule has 0 atom stereocenters. The molecule has 190 valence electrons. The van der Waals surface area contributed by atoms with Crippen molar-refractivity contribution in [1.29, 1.82) is 0 Å². The second-order valence-electron chi connectivity index (χ2n) is 8.92. The summed E-state index contributed by atoms with van der Waals surface area (Å²) in [5.41, 5.74) is 2.50. The number of hydrogen-bond acceptors (Lipinski definition) is 3. The van der Waals surface area contributed by atoms with Gasteiger partial charge >= 0.3 is 0 Å². The van der Waals surface area contributed by atoms with Crippen molar-refractivity contribution in [3.8, 4) is 28.0 Å². The van der Waals surface area contributed by atoms with Crippen LogP contribution in [0.15, 0.2) is 67.3 Å². The van der Waals surface area contributed by atoms with E-state index in [0.29, 0.717) is 36.3 Å². The van der Waals surface area contributed by atoms with E-state index in [1.54, 1.807) is 36.4 Å². The van der Waals surface area contributed by atoms with Crippen LogP contribution < -0.4 is 4.74 Å². The van der Waals surface area contributed by atoms with E-state index >= 15 is 4.39 Å². The molecule has 0 amide bonds. The summed E-state index contributed by atoms with van der Waals surface area (Å²) in [7, 11) is 0. The van der Waals surface area contributed by atoms with E-state index in [9.17, 15) is 8.78 Å². The Balaban J connectivity index is 1.46. The van der Waals surface area contributed by atoms with Crippen LogP contribution in [0.2, 0.25) is 0 Å². The Kier molecular flexibility index (Phi) is 8.83. The van der Waals surface area contributed by atoms with Crippen molar-refractivity contribution in [2.45, 2.75) is 44.8 Å². The van der Waals surface area contributed by atoms with E-state index in [1.807, 2.05) is 6.07 Å². The standard InChI is InChI=1S/C30H31F3O3/c1-3-5-7-28-35-18-23(19-36-28)22-12-13-24(26(31)17-22)20-8-10-21(11-9-20)25-14-15-27(30(33)29(25)32)34-16-6-4-2/h4,8-15,17,23,28H,2-3,5-7,16,18-19H2,1H3. The molecule has 1 aliphatic rings. The minimum Gasteiger partial charge on any atom is -0.490 e. The lowest BCUT2D eigenvalue weighted by Gasteiger charge is -2.29. The third kappa shape index (κ3) is 6.00. The van der Waals surface area contributed by atoms with Gasteiger partial charge in [0.1, 0.15) is 5.82 Å². The highest BCUT2D eigenvalue weighted by Gasteiger charge is 2.24. The van der Waals surface area contributed by atoms with Crippen molar-refractivity contribution in [2.24, 2.45) is 0 Å². The maximum atomic E-state index is 15.0. The first kappa shape index (κ1) is 26.0. The summed E-state index contributed by atoms with van der Waals surface area (Å²) in [4.78, 5) is 0.